The van der Waals surface area contributed by atoms with Crippen LogP contribution in [0.5, 0.6) is 0 Å². The van der Waals surface area contributed by atoms with Crippen LogP contribution in [0.15, 0.2) is 17.5 Å². The van der Waals surface area contributed by atoms with Gasteiger partial charge >= 0.3 is 0 Å². The van der Waals surface area contributed by atoms with Crippen LogP contribution < -0.4 is 0 Å². The second-order valence-electron chi connectivity index (χ2n) is 4.73. The van der Waals surface area contributed by atoms with Gasteiger partial charge in [-0.25, -0.2) is 0 Å². The van der Waals surface area contributed by atoms with Crippen molar-refractivity contribution < 1.29 is 9.53 Å². The van der Waals surface area contributed by atoms with Crippen molar-refractivity contribution in [2.24, 2.45) is 5.92 Å². The Hall–Kier alpha value is -0.670. The molecule has 0 spiro atoms. The monoisotopic (exact) mass is 252 g/mol. The minimum absolute atomic E-state index is 0.254. The summed E-state index contributed by atoms with van der Waals surface area (Å²) in [4.78, 5) is 12.6. The Balaban J connectivity index is 1.52. The molecule has 17 heavy (non-hydrogen) atoms. The van der Waals surface area contributed by atoms with Gasteiger partial charge in [-0.1, -0.05) is 18.9 Å². The highest BCUT2D eigenvalue weighted by Crippen LogP contribution is 2.24. The minimum Gasteiger partial charge on any atom is -0.381 e. The highest BCUT2D eigenvalue weighted by Gasteiger charge is 2.14. The highest BCUT2D eigenvalue weighted by molar-refractivity contribution is 7.12. The van der Waals surface area contributed by atoms with E-state index in [-0.39, 0.29) is 5.78 Å². The Morgan fingerprint density at radius 1 is 1.41 bits per heavy atom. The van der Waals surface area contributed by atoms with Gasteiger partial charge in [-0.3, -0.25) is 4.79 Å². The molecular weight excluding hydrogens is 232 g/mol. The molecular formula is C14H20O2S. The van der Waals surface area contributed by atoms with E-state index < -0.39 is 0 Å². The Labute approximate surface area is 107 Å². The molecule has 1 heterocycles. The number of carbonyl (C=O) groups is 1. The summed E-state index contributed by atoms with van der Waals surface area (Å²) >= 11 is 1.52. The van der Waals surface area contributed by atoms with Gasteiger partial charge in [-0.15, -0.1) is 11.3 Å². The largest absolute Gasteiger partial charge is 0.381 e. The highest BCUT2D eigenvalue weighted by atomic mass is 32.1. The Morgan fingerprint density at radius 2 is 2.24 bits per heavy atom. The van der Waals surface area contributed by atoms with Gasteiger partial charge in [0.05, 0.1) is 4.88 Å². The third-order valence-corrected chi connectivity index (χ3v) is 4.23. The predicted octanol–water partition coefficient (Wildman–Crippen LogP) is 3.92. The number of thiophene rings is 1. The molecule has 0 radical (unpaired) electrons. The summed E-state index contributed by atoms with van der Waals surface area (Å²) < 4.78 is 5.64. The molecule has 0 aliphatic heterocycles. The summed E-state index contributed by atoms with van der Waals surface area (Å²) in [6.45, 7) is 1.63. The maximum atomic E-state index is 11.7. The lowest BCUT2D eigenvalue weighted by Gasteiger charge is -2.09. The van der Waals surface area contributed by atoms with Crippen LogP contribution in [-0.4, -0.2) is 19.0 Å². The smallest absolute Gasteiger partial charge is 0.172 e. The lowest BCUT2D eigenvalue weighted by Crippen LogP contribution is -2.07. The molecule has 1 aromatic rings. The van der Waals surface area contributed by atoms with Gasteiger partial charge in [0, 0.05) is 19.6 Å². The zero-order chi connectivity index (χ0) is 11.9. The number of hydrogen-bond acceptors (Lipinski definition) is 3. The van der Waals surface area contributed by atoms with Crippen molar-refractivity contribution in [3.05, 3.63) is 22.4 Å². The predicted molar refractivity (Wildman–Crippen MR) is 70.7 cm³/mol. The maximum Gasteiger partial charge on any atom is 0.172 e. The van der Waals surface area contributed by atoms with Crippen molar-refractivity contribution in [3.8, 4) is 0 Å². The zero-order valence-corrected chi connectivity index (χ0v) is 11.0. The molecule has 0 atom stereocenters. The first-order chi connectivity index (χ1) is 8.36. The zero-order valence-electron chi connectivity index (χ0n) is 10.2. The fraction of sp³-hybridized carbons (Fsp3) is 0.643. The summed E-state index contributed by atoms with van der Waals surface area (Å²) in [5.41, 5.74) is 0. The molecule has 0 N–H and O–H groups in total. The van der Waals surface area contributed by atoms with Crippen LogP contribution in [0, 0.1) is 5.92 Å². The SMILES string of the molecule is O=C(CCCOCC1CCCC1)c1cccs1. The average Bonchev–Trinajstić information content (AvgIpc) is 3.01. The van der Waals surface area contributed by atoms with Crippen LogP contribution in [0.2, 0.25) is 0 Å². The van der Waals surface area contributed by atoms with Crippen LogP contribution in [0.25, 0.3) is 0 Å². The first-order valence-corrected chi connectivity index (χ1v) is 7.38. The third-order valence-electron chi connectivity index (χ3n) is 3.32. The first-order valence-electron chi connectivity index (χ1n) is 6.50. The van der Waals surface area contributed by atoms with E-state index in [4.69, 9.17) is 4.74 Å². The summed E-state index contributed by atoms with van der Waals surface area (Å²) in [7, 11) is 0. The second-order valence-corrected chi connectivity index (χ2v) is 5.68. The van der Waals surface area contributed by atoms with Crippen molar-refractivity contribution in [1.29, 1.82) is 0 Å². The van der Waals surface area contributed by atoms with Crippen LogP contribution in [0.3, 0.4) is 0 Å². The van der Waals surface area contributed by atoms with Gasteiger partial charge < -0.3 is 4.74 Å². The third kappa shape index (κ3) is 4.25. The molecule has 2 rings (SSSR count). The molecule has 1 fully saturated rings. The Kier molecular flexibility index (Phi) is 5.20. The Bertz CT molecular complexity index is 326. The summed E-state index contributed by atoms with van der Waals surface area (Å²) in [5.74, 6) is 1.03. The second kappa shape index (κ2) is 6.92. The molecule has 1 saturated carbocycles. The number of ether oxygens (including phenoxy) is 1. The average molecular weight is 252 g/mol. The van der Waals surface area contributed by atoms with Gasteiger partial charge in [0.25, 0.3) is 0 Å². The normalized spacial score (nSPS) is 16.5. The molecule has 0 saturated heterocycles. The number of carbonyl (C=O) groups excluding carboxylic acids is 1. The van der Waals surface area contributed by atoms with Gasteiger partial charge in [0.15, 0.2) is 5.78 Å². The van der Waals surface area contributed by atoms with E-state index in [0.29, 0.717) is 6.42 Å². The molecule has 3 heteroatoms. The molecule has 0 bridgehead atoms. The quantitative estimate of drug-likeness (QED) is 0.543. The van der Waals surface area contributed by atoms with Crippen LogP contribution >= 0.6 is 11.3 Å². The number of Topliss-reactive ketones (excluding diaryl/α,β-unsaturated/α-hetero) is 1. The topological polar surface area (TPSA) is 26.3 Å². The van der Waals surface area contributed by atoms with Gasteiger partial charge in [-0.05, 0) is 36.6 Å². The fourth-order valence-corrected chi connectivity index (χ4v) is 3.02. The van der Waals surface area contributed by atoms with Crippen molar-refractivity contribution >= 4 is 17.1 Å². The summed E-state index contributed by atoms with van der Waals surface area (Å²) in [6.07, 6.45) is 6.85. The van der Waals surface area contributed by atoms with E-state index in [9.17, 15) is 4.79 Å². The molecule has 1 aliphatic rings. The number of ketones is 1. The molecule has 0 amide bonds. The Morgan fingerprint density at radius 3 is 2.94 bits per heavy atom. The minimum atomic E-state index is 0.254. The molecule has 94 valence electrons. The lowest BCUT2D eigenvalue weighted by atomic mass is 10.1. The van der Waals surface area contributed by atoms with Crippen LogP contribution in [0.4, 0.5) is 0 Å². The standard InChI is InChI=1S/C14H20O2S/c15-13(14-8-4-10-17-14)7-3-9-16-11-12-5-1-2-6-12/h4,8,10,12H,1-3,5-7,9,11H2. The van der Waals surface area contributed by atoms with Crippen molar-refractivity contribution in [2.45, 2.75) is 38.5 Å². The maximum absolute atomic E-state index is 11.7. The van der Waals surface area contributed by atoms with E-state index >= 15 is 0 Å². The van der Waals surface area contributed by atoms with E-state index in [1.165, 1.54) is 37.0 Å². The van der Waals surface area contributed by atoms with E-state index in [1.807, 2.05) is 17.5 Å². The van der Waals surface area contributed by atoms with Gasteiger partial charge in [-0.2, -0.15) is 0 Å². The van der Waals surface area contributed by atoms with Crippen molar-refractivity contribution in [2.75, 3.05) is 13.2 Å². The molecule has 1 aliphatic carbocycles. The van der Waals surface area contributed by atoms with Gasteiger partial charge in [0.2, 0.25) is 0 Å². The molecule has 0 aromatic carbocycles. The fourth-order valence-electron chi connectivity index (χ4n) is 2.32. The first kappa shape index (κ1) is 12.8. The van der Waals surface area contributed by atoms with Crippen molar-refractivity contribution in [1.82, 2.24) is 0 Å². The molecule has 0 unspecified atom stereocenters. The molecule has 1 aromatic heterocycles. The van der Waals surface area contributed by atoms with Crippen molar-refractivity contribution in [3.63, 3.8) is 0 Å². The summed E-state index contributed by atoms with van der Waals surface area (Å²) in [5, 5.41) is 1.95. The van der Waals surface area contributed by atoms with E-state index in [2.05, 4.69) is 0 Å². The van der Waals surface area contributed by atoms with Gasteiger partial charge in [0.1, 0.15) is 0 Å². The van der Waals surface area contributed by atoms with Crippen LogP contribution in [0.1, 0.15) is 48.2 Å². The molecule has 2 nitrogen and oxygen atoms in total. The number of hydrogen-bond donors (Lipinski definition) is 0. The van der Waals surface area contributed by atoms with Crippen LogP contribution in [-0.2, 0) is 4.74 Å². The van der Waals surface area contributed by atoms with E-state index in [1.54, 1.807) is 0 Å². The summed E-state index contributed by atoms with van der Waals surface area (Å²) in [6, 6.07) is 3.82. The lowest BCUT2D eigenvalue weighted by molar-refractivity contribution is 0.0871. The van der Waals surface area contributed by atoms with E-state index in [0.717, 1.165) is 30.4 Å². The number of rotatable bonds is 7.